The van der Waals surface area contributed by atoms with Gasteiger partial charge < -0.3 is 15.5 Å². The van der Waals surface area contributed by atoms with Crippen molar-refractivity contribution in [2.75, 3.05) is 44.0 Å². The Balaban J connectivity index is 2.26. The molecule has 0 saturated heterocycles. The molecule has 0 fully saturated rings. The van der Waals surface area contributed by atoms with Gasteiger partial charge in [0.05, 0.1) is 5.69 Å². The van der Waals surface area contributed by atoms with Gasteiger partial charge in [0.2, 0.25) is 5.95 Å². The molecule has 0 spiro atoms. The summed E-state index contributed by atoms with van der Waals surface area (Å²) in [5.74, 6) is 0.699. The highest BCUT2D eigenvalue weighted by Gasteiger charge is 2.06. The molecule has 0 atom stereocenters. The van der Waals surface area contributed by atoms with E-state index in [2.05, 4.69) is 39.1 Å². The minimum absolute atomic E-state index is 0.585. The maximum absolute atomic E-state index is 5.56. The Morgan fingerprint density at radius 1 is 1.05 bits per heavy atom. The van der Waals surface area contributed by atoms with Crippen molar-refractivity contribution in [3.05, 3.63) is 36.5 Å². The van der Waals surface area contributed by atoms with Crippen LogP contribution in [-0.2, 0) is 0 Å². The van der Waals surface area contributed by atoms with Crippen LogP contribution in [0.25, 0.3) is 11.3 Å². The molecule has 0 radical (unpaired) electrons. The second kappa shape index (κ2) is 6.34. The fourth-order valence-electron chi connectivity index (χ4n) is 1.92. The summed E-state index contributed by atoms with van der Waals surface area (Å²) in [7, 11) is 6.00. The lowest BCUT2D eigenvalue weighted by Crippen LogP contribution is -2.26. The topological polar surface area (TPSA) is 58.3 Å². The van der Waals surface area contributed by atoms with Crippen molar-refractivity contribution in [3.63, 3.8) is 0 Å². The third-order valence-electron chi connectivity index (χ3n) is 3.13. The normalized spacial score (nSPS) is 10.4. The fraction of sp³-hybridized carbons (Fsp3) is 0.333. The molecule has 106 valence electrons. The molecule has 2 N–H and O–H groups in total. The Bertz CT molecular complexity index is 550. The first-order chi connectivity index (χ1) is 9.61. The van der Waals surface area contributed by atoms with Crippen molar-refractivity contribution in [3.8, 4) is 11.3 Å². The summed E-state index contributed by atoms with van der Waals surface area (Å²) in [6.07, 6.45) is 1.78. The number of nitrogens with two attached hydrogens (primary N) is 1. The molecular weight excluding hydrogens is 250 g/mol. The maximum Gasteiger partial charge on any atom is 0.225 e. The Morgan fingerprint density at radius 2 is 1.75 bits per heavy atom. The summed E-state index contributed by atoms with van der Waals surface area (Å²) >= 11 is 0. The van der Waals surface area contributed by atoms with Crippen LogP contribution in [0.1, 0.15) is 0 Å². The van der Waals surface area contributed by atoms with E-state index in [1.807, 2.05) is 32.1 Å². The van der Waals surface area contributed by atoms with Gasteiger partial charge in [0.1, 0.15) is 0 Å². The highest BCUT2D eigenvalue weighted by atomic mass is 15.2. The van der Waals surface area contributed by atoms with E-state index in [9.17, 15) is 0 Å². The van der Waals surface area contributed by atoms with Crippen molar-refractivity contribution in [2.45, 2.75) is 0 Å². The van der Waals surface area contributed by atoms with E-state index in [-0.39, 0.29) is 0 Å². The standard InChI is InChI=1S/C15H21N5/c1-19(2)13-6-4-12(5-7-13)14-8-10-17-15(18-14)20(3)11-9-16/h4-8,10H,9,11,16H2,1-3H3. The quantitative estimate of drug-likeness (QED) is 0.895. The van der Waals surface area contributed by atoms with Crippen molar-refractivity contribution in [2.24, 2.45) is 5.73 Å². The number of anilines is 2. The van der Waals surface area contributed by atoms with Gasteiger partial charge in [0.15, 0.2) is 0 Å². The van der Waals surface area contributed by atoms with Gasteiger partial charge in [-0.05, 0) is 18.2 Å². The van der Waals surface area contributed by atoms with Crippen LogP contribution in [0.15, 0.2) is 36.5 Å². The van der Waals surface area contributed by atoms with E-state index in [0.717, 1.165) is 17.8 Å². The summed E-state index contributed by atoms with van der Waals surface area (Å²) < 4.78 is 0. The number of benzene rings is 1. The zero-order chi connectivity index (χ0) is 14.5. The molecule has 1 aromatic heterocycles. The lowest BCUT2D eigenvalue weighted by molar-refractivity contribution is 0.847. The van der Waals surface area contributed by atoms with Crippen LogP contribution < -0.4 is 15.5 Å². The molecule has 2 rings (SSSR count). The summed E-state index contributed by atoms with van der Waals surface area (Å²) in [6.45, 7) is 1.32. The van der Waals surface area contributed by atoms with E-state index >= 15 is 0 Å². The molecule has 0 bridgehead atoms. The van der Waals surface area contributed by atoms with Crippen LogP contribution in [0.4, 0.5) is 11.6 Å². The summed E-state index contributed by atoms with van der Waals surface area (Å²) in [5, 5.41) is 0. The second-order valence-electron chi connectivity index (χ2n) is 4.89. The molecule has 5 heteroatoms. The molecule has 0 amide bonds. The highest BCUT2D eigenvalue weighted by molar-refractivity contribution is 5.63. The molecular formula is C15H21N5. The first-order valence-corrected chi connectivity index (χ1v) is 6.64. The third kappa shape index (κ3) is 3.24. The van der Waals surface area contributed by atoms with Gasteiger partial charge in [-0.25, -0.2) is 9.97 Å². The number of nitrogens with zero attached hydrogens (tertiary/aromatic N) is 4. The van der Waals surface area contributed by atoms with Crippen LogP contribution in [0, 0.1) is 0 Å². The molecule has 20 heavy (non-hydrogen) atoms. The van der Waals surface area contributed by atoms with Crippen LogP contribution in [0.3, 0.4) is 0 Å². The minimum atomic E-state index is 0.585. The molecule has 0 aliphatic carbocycles. The van der Waals surface area contributed by atoms with Gasteiger partial charge in [-0.15, -0.1) is 0 Å². The van der Waals surface area contributed by atoms with E-state index in [1.54, 1.807) is 6.20 Å². The zero-order valence-electron chi connectivity index (χ0n) is 12.2. The smallest absolute Gasteiger partial charge is 0.225 e. The number of aromatic nitrogens is 2. The largest absolute Gasteiger partial charge is 0.378 e. The number of hydrogen-bond acceptors (Lipinski definition) is 5. The van der Waals surface area contributed by atoms with Gasteiger partial charge >= 0.3 is 0 Å². The Labute approximate surface area is 120 Å². The molecule has 0 aliphatic heterocycles. The van der Waals surface area contributed by atoms with Crippen molar-refractivity contribution < 1.29 is 0 Å². The lowest BCUT2D eigenvalue weighted by Gasteiger charge is -2.16. The highest BCUT2D eigenvalue weighted by Crippen LogP contribution is 2.21. The SMILES string of the molecule is CN(C)c1ccc(-c2ccnc(N(C)CCN)n2)cc1. The molecule has 5 nitrogen and oxygen atoms in total. The van der Waals surface area contributed by atoms with Gasteiger partial charge in [0, 0.05) is 51.7 Å². The average molecular weight is 271 g/mol. The Kier molecular flexibility index (Phi) is 4.53. The van der Waals surface area contributed by atoms with E-state index in [0.29, 0.717) is 12.5 Å². The first-order valence-electron chi connectivity index (χ1n) is 6.64. The maximum atomic E-state index is 5.56. The Morgan fingerprint density at radius 3 is 2.35 bits per heavy atom. The van der Waals surface area contributed by atoms with Gasteiger partial charge in [-0.3, -0.25) is 0 Å². The van der Waals surface area contributed by atoms with Crippen LogP contribution >= 0.6 is 0 Å². The predicted molar refractivity (Wildman–Crippen MR) is 84.1 cm³/mol. The number of rotatable bonds is 5. The predicted octanol–water partition coefficient (Wildman–Crippen LogP) is 1.60. The number of likely N-dealkylation sites (N-methyl/N-ethyl adjacent to an activating group) is 1. The summed E-state index contributed by atoms with van der Waals surface area (Å²) in [4.78, 5) is 12.9. The molecule has 0 unspecified atom stereocenters. The summed E-state index contributed by atoms with van der Waals surface area (Å²) in [6, 6.07) is 10.2. The molecule has 0 aliphatic rings. The minimum Gasteiger partial charge on any atom is -0.378 e. The third-order valence-corrected chi connectivity index (χ3v) is 3.13. The average Bonchev–Trinajstić information content (AvgIpc) is 2.48. The summed E-state index contributed by atoms with van der Waals surface area (Å²) in [5.41, 5.74) is 8.73. The first kappa shape index (κ1) is 14.3. The van der Waals surface area contributed by atoms with E-state index in [4.69, 9.17) is 5.73 Å². The Hall–Kier alpha value is -2.14. The molecule has 1 aromatic carbocycles. The van der Waals surface area contributed by atoms with Gasteiger partial charge in [-0.1, -0.05) is 12.1 Å². The van der Waals surface area contributed by atoms with Crippen LogP contribution in [0.2, 0.25) is 0 Å². The second-order valence-corrected chi connectivity index (χ2v) is 4.89. The zero-order valence-corrected chi connectivity index (χ0v) is 12.2. The van der Waals surface area contributed by atoms with Gasteiger partial charge in [0.25, 0.3) is 0 Å². The van der Waals surface area contributed by atoms with E-state index in [1.165, 1.54) is 5.69 Å². The fourth-order valence-corrected chi connectivity index (χ4v) is 1.92. The molecule has 0 saturated carbocycles. The van der Waals surface area contributed by atoms with Crippen molar-refractivity contribution in [1.82, 2.24) is 9.97 Å². The number of hydrogen-bond donors (Lipinski definition) is 1. The van der Waals surface area contributed by atoms with Crippen molar-refractivity contribution >= 4 is 11.6 Å². The molecule has 2 aromatic rings. The van der Waals surface area contributed by atoms with Crippen molar-refractivity contribution in [1.29, 1.82) is 0 Å². The monoisotopic (exact) mass is 271 g/mol. The van der Waals surface area contributed by atoms with Crippen LogP contribution in [-0.4, -0.2) is 44.2 Å². The lowest BCUT2D eigenvalue weighted by atomic mass is 10.1. The molecule has 1 heterocycles. The van der Waals surface area contributed by atoms with Gasteiger partial charge in [-0.2, -0.15) is 0 Å². The van der Waals surface area contributed by atoms with Crippen LogP contribution in [0.5, 0.6) is 0 Å². The van der Waals surface area contributed by atoms with E-state index < -0.39 is 0 Å².